The van der Waals surface area contributed by atoms with Crippen LogP contribution in [0.5, 0.6) is 0 Å². The Morgan fingerprint density at radius 2 is 1.84 bits per heavy atom. The van der Waals surface area contributed by atoms with Crippen molar-refractivity contribution in [2.24, 2.45) is 0 Å². The molecule has 19 heavy (non-hydrogen) atoms. The number of halogens is 3. The Hall–Kier alpha value is -1.57. The van der Waals surface area contributed by atoms with Crippen LogP contribution in [0.15, 0.2) is 6.07 Å². The van der Waals surface area contributed by atoms with Crippen LogP contribution >= 0.6 is 0 Å². The van der Waals surface area contributed by atoms with Gasteiger partial charge in [0.05, 0.1) is 12.2 Å². The molecule has 1 aromatic heterocycles. The van der Waals surface area contributed by atoms with E-state index in [0.29, 0.717) is 13.1 Å². The molecule has 1 saturated heterocycles. The van der Waals surface area contributed by atoms with Crippen LogP contribution in [0.4, 0.5) is 24.8 Å². The summed E-state index contributed by atoms with van der Waals surface area (Å²) in [5.74, 6) is -1.22. The molecule has 1 fully saturated rings. The Kier molecular flexibility index (Phi) is 3.53. The number of ether oxygens (including phenoxy) is 1. The van der Waals surface area contributed by atoms with Crippen molar-refractivity contribution in [3.8, 4) is 0 Å². The maximum absolute atomic E-state index is 12.6. The van der Waals surface area contributed by atoms with Gasteiger partial charge in [-0.05, 0) is 13.8 Å². The van der Waals surface area contributed by atoms with E-state index in [-0.39, 0.29) is 23.8 Å². The minimum atomic E-state index is -4.60. The second-order valence-electron chi connectivity index (χ2n) is 4.63. The van der Waals surface area contributed by atoms with Crippen LogP contribution in [0.2, 0.25) is 0 Å². The lowest BCUT2D eigenvalue weighted by molar-refractivity contribution is -0.144. The van der Waals surface area contributed by atoms with Gasteiger partial charge in [0.25, 0.3) is 0 Å². The third-order valence-electron chi connectivity index (χ3n) is 2.73. The molecule has 0 spiro atoms. The Balaban J connectivity index is 2.31. The first-order valence-corrected chi connectivity index (χ1v) is 5.88. The third-order valence-corrected chi connectivity index (χ3v) is 2.73. The van der Waals surface area contributed by atoms with Gasteiger partial charge < -0.3 is 15.4 Å². The monoisotopic (exact) mass is 276 g/mol. The number of hydrogen-bond acceptors (Lipinski definition) is 5. The number of rotatable bonds is 1. The second kappa shape index (κ2) is 4.84. The summed E-state index contributed by atoms with van der Waals surface area (Å²) in [7, 11) is 0. The number of nitrogen functional groups attached to an aromatic ring is 1. The van der Waals surface area contributed by atoms with Gasteiger partial charge in [0.15, 0.2) is 0 Å². The van der Waals surface area contributed by atoms with E-state index in [1.54, 1.807) is 4.90 Å². The highest BCUT2D eigenvalue weighted by atomic mass is 19.4. The van der Waals surface area contributed by atoms with Gasteiger partial charge >= 0.3 is 6.18 Å². The highest BCUT2D eigenvalue weighted by Gasteiger charge is 2.36. The second-order valence-corrected chi connectivity index (χ2v) is 4.63. The number of morpholine rings is 1. The molecule has 106 valence electrons. The minimum absolute atomic E-state index is 0.0747. The molecule has 2 atom stereocenters. The maximum atomic E-state index is 12.6. The number of nitrogens with two attached hydrogens (primary N) is 1. The summed E-state index contributed by atoms with van der Waals surface area (Å²) in [6.07, 6.45) is -4.75. The molecular formula is C11H15F3N4O. The number of aromatic nitrogens is 2. The average molecular weight is 276 g/mol. The van der Waals surface area contributed by atoms with E-state index in [9.17, 15) is 13.2 Å². The molecule has 1 aromatic rings. The van der Waals surface area contributed by atoms with Gasteiger partial charge in [-0.15, -0.1) is 0 Å². The molecule has 0 radical (unpaired) electrons. The number of alkyl halides is 3. The largest absolute Gasteiger partial charge is 0.451 e. The highest BCUT2D eigenvalue weighted by Crippen LogP contribution is 2.29. The predicted molar refractivity (Wildman–Crippen MR) is 63.7 cm³/mol. The topological polar surface area (TPSA) is 64.3 Å². The van der Waals surface area contributed by atoms with Crippen molar-refractivity contribution in [3.05, 3.63) is 11.9 Å². The van der Waals surface area contributed by atoms with Gasteiger partial charge in [0, 0.05) is 19.2 Å². The van der Waals surface area contributed by atoms with Gasteiger partial charge in [-0.2, -0.15) is 13.2 Å². The average Bonchev–Trinajstić information content (AvgIpc) is 2.25. The molecule has 0 amide bonds. The lowest BCUT2D eigenvalue weighted by Crippen LogP contribution is -2.46. The van der Waals surface area contributed by atoms with Crippen LogP contribution < -0.4 is 10.6 Å². The van der Waals surface area contributed by atoms with Gasteiger partial charge in [-0.25, -0.2) is 9.97 Å². The molecule has 2 rings (SSSR count). The summed E-state index contributed by atoms with van der Waals surface area (Å²) in [5.41, 5.74) is 5.42. The van der Waals surface area contributed by atoms with Gasteiger partial charge in [-0.1, -0.05) is 0 Å². The number of anilines is 2. The summed E-state index contributed by atoms with van der Waals surface area (Å²) in [5, 5.41) is 0. The van der Waals surface area contributed by atoms with E-state index in [4.69, 9.17) is 10.5 Å². The molecular weight excluding hydrogens is 261 g/mol. The zero-order valence-electron chi connectivity index (χ0n) is 10.6. The third kappa shape index (κ3) is 3.25. The fourth-order valence-electron chi connectivity index (χ4n) is 2.11. The lowest BCUT2D eigenvalue weighted by atomic mass is 10.2. The summed E-state index contributed by atoms with van der Waals surface area (Å²) < 4.78 is 43.5. The quantitative estimate of drug-likeness (QED) is 0.845. The summed E-state index contributed by atoms with van der Waals surface area (Å²) >= 11 is 0. The van der Waals surface area contributed by atoms with E-state index in [2.05, 4.69) is 9.97 Å². The van der Waals surface area contributed by atoms with Crippen molar-refractivity contribution in [2.75, 3.05) is 23.7 Å². The van der Waals surface area contributed by atoms with Crippen molar-refractivity contribution in [3.63, 3.8) is 0 Å². The first-order valence-electron chi connectivity index (χ1n) is 5.88. The lowest BCUT2D eigenvalue weighted by Gasteiger charge is -2.36. The van der Waals surface area contributed by atoms with E-state index < -0.39 is 12.0 Å². The van der Waals surface area contributed by atoms with Crippen LogP contribution in [0, 0.1) is 0 Å². The van der Waals surface area contributed by atoms with Crippen LogP contribution in [0.3, 0.4) is 0 Å². The SMILES string of the molecule is C[C@@H]1CN(c2cc(N)nc(C(F)(F)F)n2)C[C@H](C)O1. The Bertz CT molecular complexity index is 456. The molecule has 8 heteroatoms. The molecule has 0 unspecified atom stereocenters. The van der Waals surface area contributed by atoms with E-state index >= 15 is 0 Å². The standard InChI is InChI=1S/C11H15F3N4O/c1-6-4-18(5-7(2)19-6)9-3-8(15)16-10(17-9)11(12,13)14/h3,6-7H,4-5H2,1-2H3,(H2,15,16,17)/t6-,7+. The molecule has 0 aliphatic carbocycles. The van der Waals surface area contributed by atoms with E-state index in [1.807, 2.05) is 13.8 Å². The van der Waals surface area contributed by atoms with Crippen LogP contribution in [-0.4, -0.2) is 35.3 Å². The predicted octanol–water partition coefficient (Wildman–Crippen LogP) is 1.69. The van der Waals surface area contributed by atoms with Gasteiger partial charge in [-0.3, -0.25) is 0 Å². The normalized spacial score (nSPS) is 24.6. The Morgan fingerprint density at radius 1 is 1.26 bits per heavy atom. The summed E-state index contributed by atoms with van der Waals surface area (Å²) in [6.45, 7) is 4.66. The molecule has 2 N–H and O–H groups in total. The number of nitrogens with zero attached hydrogens (tertiary/aromatic N) is 3. The van der Waals surface area contributed by atoms with Crippen molar-refractivity contribution in [1.29, 1.82) is 0 Å². The van der Waals surface area contributed by atoms with Gasteiger partial charge in [0.2, 0.25) is 5.82 Å². The van der Waals surface area contributed by atoms with Crippen molar-refractivity contribution < 1.29 is 17.9 Å². The molecule has 1 aliphatic rings. The van der Waals surface area contributed by atoms with Crippen molar-refractivity contribution in [2.45, 2.75) is 32.2 Å². The zero-order chi connectivity index (χ0) is 14.2. The van der Waals surface area contributed by atoms with Crippen LogP contribution in [0.25, 0.3) is 0 Å². The van der Waals surface area contributed by atoms with E-state index in [1.165, 1.54) is 6.07 Å². The Morgan fingerprint density at radius 3 is 2.37 bits per heavy atom. The molecule has 0 saturated carbocycles. The molecule has 2 heterocycles. The number of hydrogen-bond donors (Lipinski definition) is 1. The molecule has 0 bridgehead atoms. The molecule has 0 aromatic carbocycles. The maximum Gasteiger partial charge on any atom is 0.451 e. The van der Waals surface area contributed by atoms with Crippen molar-refractivity contribution in [1.82, 2.24) is 9.97 Å². The zero-order valence-corrected chi connectivity index (χ0v) is 10.6. The highest BCUT2D eigenvalue weighted by molar-refractivity contribution is 5.47. The summed E-state index contributed by atoms with van der Waals surface area (Å²) in [6, 6.07) is 1.35. The molecule has 1 aliphatic heterocycles. The van der Waals surface area contributed by atoms with Gasteiger partial charge in [0.1, 0.15) is 11.6 Å². The Labute approximate surface area is 108 Å². The minimum Gasteiger partial charge on any atom is -0.384 e. The molecule has 5 nitrogen and oxygen atoms in total. The first-order chi connectivity index (χ1) is 8.75. The van der Waals surface area contributed by atoms with Crippen LogP contribution in [0.1, 0.15) is 19.7 Å². The van der Waals surface area contributed by atoms with Crippen LogP contribution in [-0.2, 0) is 10.9 Å². The van der Waals surface area contributed by atoms with E-state index in [0.717, 1.165) is 0 Å². The first kappa shape index (κ1) is 13.9. The summed E-state index contributed by atoms with van der Waals surface area (Å²) in [4.78, 5) is 8.50. The smallest absolute Gasteiger partial charge is 0.384 e. The van der Waals surface area contributed by atoms with Crippen molar-refractivity contribution >= 4 is 11.6 Å². The fraction of sp³-hybridized carbons (Fsp3) is 0.636. The fourth-order valence-corrected chi connectivity index (χ4v) is 2.11.